The van der Waals surface area contributed by atoms with Crippen molar-refractivity contribution in [1.82, 2.24) is 14.5 Å². The molecule has 0 saturated carbocycles. The van der Waals surface area contributed by atoms with Crippen LogP contribution >= 0.6 is 15.9 Å². The van der Waals surface area contributed by atoms with E-state index in [1.54, 1.807) is 18.2 Å². The molecule has 1 aliphatic heterocycles. The topological polar surface area (TPSA) is 76.8 Å². The minimum Gasteiger partial charge on any atom is -0.444 e. The van der Waals surface area contributed by atoms with E-state index in [9.17, 15) is 9.90 Å². The molecule has 0 bridgehead atoms. The van der Waals surface area contributed by atoms with Gasteiger partial charge >= 0.3 is 6.09 Å². The summed E-state index contributed by atoms with van der Waals surface area (Å²) in [7, 11) is 1.69. The second-order valence-electron chi connectivity index (χ2n) is 11.7. The molecule has 200 valence electrons. The number of halogens is 1. The largest absolute Gasteiger partial charge is 0.444 e. The lowest BCUT2D eigenvalue weighted by atomic mass is 9.84. The van der Waals surface area contributed by atoms with Gasteiger partial charge in [0.05, 0.1) is 23.5 Å². The molecule has 2 aromatic heterocycles. The van der Waals surface area contributed by atoms with Gasteiger partial charge in [-0.05, 0) is 75.4 Å². The number of aromatic nitrogens is 2. The van der Waals surface area contributed by atoms with Crippen LogP contribution in [0.4, 0.5) is 4.79 Å². The molecular weight excluding hydrogens is 534 g/mol. The number of carbonyl (C=O) groups excluding carboxylic acids is 1. The molecule has 4 rings (SSSR count). The predicted octanol–water partition coefficient (Wildman–Crippen LogP) is 6.53. The second kappa shape index (κ2) is 10.4. The molecule has 3 heterocycles. The number of likely N-dealkylation sites (tertiary alicyclic amines) is 1. The number of aliphatic hydroxyl groups excluding tert-OH is 1. The third kappa shape index (κ3) is 5.71. The number of rotatable bonds is 7. The van der Waals surface area contributed by atoms with Crippen molar-refractivity contribution in [1.29, 1.82) is 0 Å². The standard InChI is InChI=1S/C29H38BrN3O4/c1-18(36-7)25-21(9-8-12-31-25)26-23(14-29(5,6)17-34)22-13-19(30)10-11-24(22)33(26)20-15-32(16-20)27(35)37-28(2,3)4/h8-13,18,20,34H,14-17H2,1-7H3/t18-/m0/s1. The number of ether oxygens (including phenoxy) is 2. The van der Waals surface area contributed by atoms with Gasteiger partial charge in [-0.2, -0.15) is 0 Å². The van der Waals surface area contributed by atoms with Crippen molar-refractivity contribution in [3.05, 3.63) is 52.3 Å². The fourth-order valence-corrected chi connectivity index (χ4v) is 5.25. The van der Waals surface area contributed by atoms with E-state index in [2.05, 4.69) is 58.6 Å². The van der Waals surface area contributed by atoms with Gasteiger partial charge in [0.15, 0.2) is 0 Å². The van der Waals surface area contributed by atoms with E-state index in [1.807, 2.05) is 33.8 Å². The number of hydrogen-bond acceptors (Lipinski definition) is 5. The first-order chi connectivity index (χ1) is 17.3. The van der Waals surface area contributed by atoms with Crippen molar-refractivity contribution in [2.45, 2.75) is 65.7 Å². The predicted molar refractivity (Wildman–Crippen MR) is 150 cm³/mol. The van der Waals surface area contributed by atoms with Crippen molar-refractivity contribution in [2.75, 3.05) is 26.8 Å². The Hall–Kier alpha value is -2.42. The molecule has 1 aromatic carbocycles. The summed E-state index contributed by atoms with van der Waals surface area (Å²) in [5.74, 6) is 0. The Morgan fingerprint density at radius 3 is 2.54 bits per heavy atom. The van der Waals surface area contributed by atoms with Gasteiger partial charge in [0, 0.05) is 53.9 Å². The Labute approximate surface area is 227 Å². The van der Waals surface area contributed by atoms with Crippen molar-refractivity contribution in [3.63, 3.8) is 0 Å². The van der Waals surface area contributed by atoms with Gasteiger partial charge in [-0.15, -0.1) is 0 Å². The number of carbonyl (C=O) groups is 1. The van der Waals surface area contributed by atoms with Crippen molar-refractivity contribution >= 4 is 32.9 Å². The van der Waals surface area contributed by atoms with Crippen LogP contribution in [-0.4, -0.2) is 58.1 Å². The van der Waals surface area contributed by atoms with Crippen LogP contribution in [0, 0.1) is 5.41 Å². The summed E-state index contributed by atoms with van der Waals surface area (Å²) >= 11 is 3.67. The van der Waals surface area contributed by atoms with E-state index in [0.717, 1.165) is 37.9 Å². The third-order valence-corrected chi connectivity index (χ3v) is 7.36. The molecule has 7 nitrogen and oxygen atoms in total. The van der Waals surface area contributed by atoms with Crippen LogP contribution in [0.15, 0.2) is 41.0 Å². The Morgan fingerprint density at radius 2 is 1.92 bits per heavy atom. The molecule has 0 aliphatic carbocycles. The van der Waals surface area contributed by atoms with Crippen LogP contribution in [-0.2, 0) is 15.9 Å². The summed E-state index contributed by atoms with van der Waals surface area (Å²) < 4.78 is 14.7. The summed E-state index contributed by atoms with van der Waals surface area (Å²) in [6.07, 6.45) is 1.98. The van der Waals surface area contributed by atoms with Crippen LogP contribution in [0.3, 0.4) is 0 Å². The molecule has 0 spiro atoms. The summed E-state index contributed by atoms with van der Waals surface area (Å²) in [5, 5.41) is 11.3. The van der Waals surface area contributed by atoms with Gasteiger partial charge in [-0.1, -0.05) is 29.8 Å². The van der Waals surface area contributed by atoms with Gasteiger partial charge in [0.2, 0.25) is 0 Å². The molecule has 1 saturated heterocycles. The number of methoxy groups -OCH3 is 1. The lowest BCUT2D eigenvalue weighted by molar-refractivity contribution is 0.00172. The van der Waals surface area contributed by atoms with Gasteiger partial charge in [0.25, 0.3) is 0 Å². The van der Waals surface area contributed by atoms with Crippen LogP contribution in [0.1, 0.15) is 64.9 Å². The average Bonchev–Trinajstić information content (AvgIpc) is 3.08. The minimum absolute atomic E-state index is 0.0668. The zero-order chi connectivity index (χ0) is 27.1. The van der Waals surface area contributed by atoms with E-state index in [0.29, 0.717) is 19.5 Å². The quantitative estimate of drug-likeness (QED) is 0.349. The Balaban J connectivity index is 1.91. The molecule has 1 fully saturated rings. The van der Waals surface area contributed by atoms with Crippen LogP contribution in [0.25, 0.3) is 22.2 Å². The number of benzene rings is 1. The van der Waals surface area contributed by atoms with E-state index in [-0.39, 0.29) is 30.3 Å². The lowest BCUT2D eigenvalue weighted by Crippen LogP contribution is -2.52. The Kier molecular flexibility index (Phi) is 7.75. The summed E-state index contributed by atoms with van der Waals surface area (Å²) in [5.41, 5.74) is 4.31. The summed E-state index contributed by atoms with van der Waals surface area (Å²) in [6, 6.07) is 10.5. The van der Waals surface area contributed by atoms with Crippen LogP contribution in [0.2, 0.25) is 0 Å². The highest BCUT2D eigenvalue weighted by Gasteiger charge is 2.38. The highest BCUT2D eigenvalue weighted by molar-refractivity contribution is 9.10. The van der Waals surface area contributed by atoms with E-state index >= 15 is 0 Å². The second-order valence-corrected chi connectivity index (χ2v) is 12.6. The molecule has 37 heavy (non-hydrogen) atoms. The molecule has 3 aromatic rings. The molecule has 1 N–H and O–H groups in total. The molecule has 1 amide bonds. The van der Waals surface area contributed by atoms with Crippen LogP contribution in [0.5, 0.6) is 0 Å². The van der Waals surface area contributed by atoms with Gasteiger partial charge in [0.1, 0.15) is 5.60 Å². The average molecular weight is 573 g/mol. The van der Waals surface area contributed by atoms with E-state index in [4.69, 9.17) is 14.5 Å². The zero-order valence-electron chi connectivity index (χ0n) is 22.8. The van der Waals surface area contributed by atoms with Gasteiger partial charge < -0.3 is 24.0 Å². The Morgan fingerprint density at radius 1 is 1.22 bits per heavy atom. The monoisotopic (exact) mass is 571 g/mol. The number of amides is 1. The van der Waals surface area contributed by atoms with Gasteiger partial charge in [-0.25, -0.2) is 4.79 Å². The molecule has 0 radical (unpaired) electrons. The lowest BCUT2D eigenvalue weighted by Gasteiger charge is -2.41. The highest BCUT2D eigenvalue weighted by Crippen LogP contribution is 2.44. The Bertz CT molecular complexity index is 1290. The number of fused-ring (bicyclic) bond motifs is 1. The first kappa shape index (κ1) is 27.6. The smallest absolute Gasteiger partial charge is 0.410 e. The van der Waals surface area contributed by atoms with Crippen molar-refractivity contribution in [3.8, 4) is 11.3 Å². The zero-order valence-corrected chi connectivity index (χ0v) is 24.4. The minimum atomic E-state index is -0.538. The maximum Gasteiger partial charge on any atom is 0.410 e. The first-order valence-corrected chi connectivity index (χ1v) is 13.5. The van der Waals surface area contributed by atoms with Gasteiger partial charge in [-0.3, -0.25) is 4.98 Å². The molecule has 1 aliphatic rings. The number of hydrogen-bond donors (Lipinski definition) is 1. The number of pyridine rings is 1. The normalized spacial score (nSPS) is 15.6. The fraction of sp³-hybridized carbons (Fsp3) is 0.517. The molecule has 0 unspecified atom stereocenters. The molecular formula is C29H38BrN3O4. The first-order valence-electron chi connectivity index (χ1n) is 12.7. The summed E-state index contributed by atoms with van der Waals surface area (Å²) in [6.45, 7) is 13.0. The summed E-state index contributed by atoms with van der Waals surface area (Å²) in [4.78, 5) is 19.2. The van der Waals surface area contributed by atoms with E-state index in [1.165, 1.54) is 0 Å². The third-order valence-electron chi connectivity index (χ3n) is 6.86. The molecule has 1 atom stereocenters. The van der Waals surface area contributed by atoms with Crippen molar-refractivity contribution < 1.29 is 19.4 Å². The highest BCUT2D eigenvalue weighted by atomic mass is 79.9. The SMILES string of the molecule is CO[C@@H](C)c1ncccc1-c1c(CC(C)(C)CO)c2cc(Br)ccc2n1C1CN(C(=O)OC(C)(C)C)C1. The molecule has 8 heteroatoms. The number of nitrogens with zero attached hydrogens (tertiary/aromatic N) is 3. The number of aliphatic hydroxyl groups is 1. The van der Waals surface area contributed by atoms with Crippen LogP contribution < -0.4 is 0 Å². The fourth-order valence-electron chi connectivity index (χ4n) is 4.89. The maximum absolute atomic E-state index is 12.7. The maximum atomic E-state index is 12.7. The van der Waals surface area contributed by atoms with Crippen molar-refractivity contribution in [2.24, 2.45) is 5.41 Å². The van der Waals surface area contributed by atoms with E-state index < -0.39 is 5.60 Å².